The zero-order chi connectivity index (χ0) is 18.0. The predicted molar refractivity (Wildman–Crippen MR) is 98.3 cm³/mol. The number of hydrogen-bond acceptors (Lipinski definition) is 6. The van der Waals surface area contributed by atoms with Crippen LogP contribution in [0.25, 0.3) is 4.96 Å². The number of aryl methyl sites for hydroxylation is 1. The molecule has 0 aliphatic carbocycles. The summed E-state index contributed by atoms with van der Waals surface area (Å²) < 4.78 is 1.29. The first-order chi connectivity index (χ1) is 11.9. The molecular weight excluding hydrogens is 362 g/mol. The van der Waals surface area contributed by atoms with E-state index in [1.807, 2.05) is 6.92 Å². The summed E-state index contributed by atoms with van der Waals surface area (Å²) in [5.41, 5.74) is 1.02. The Bertz CT molecular complexity index is 984. The van der Waals surface area contributed by atoms with Gasteiger partial charge >= 0.3 is 0 Å². The van der Waals surface area contributed by atoms with Crippen LogP contribution in [-0.4, -0.2) is 39.0 Å². The molecule has 0 saturated heterocycles. The SMILES string of the molecule is Cc1nn2c(=O)cc(CN(C)CC(=O)Nc3cccc(Cl)c3)nc2s1. The van der Waals surface area contributed by atoms with Crippen molar-refractivity contribution in [2.24, 2.45) is 0 Å². The van der Waals surface area contributed by atoms with Crippen LogP contribution in [0.1, 0.15) is 10.7 Å². The summed E-state index contributed by atoms with van der Waals surface area (Å²) in [6.45, 7) is 2.37. The number of nitrogens with one attached hydrogen (secondary N) is 1. The van der Waals surface area contributed by atoms with Gasteiger partial charge in [0.1, 0.15) is 5.01 Å². The van der Waals surface area contributed by atoms with E-state index in [2.05, 4.69) is 15.4 Å². The molecule has 0 aliphatic heterocycles. The molecule has 3 aromatic rings. The minimum atomic E-state index is -0.221. The van der Waals surface area contributed by atoms with Crippen molar-refractivity contribution < 1.29 is 4.79 Å². The summed E-state index contributed by atoms with van der Waals surface area (Å²) in [6, 6.07) is 8.40. The van der Waals surface area contributed by atoms with Gasteiger partial charge in [-0.3, -0.25) is 14.5 Å². The fourth-order valence-corrected chi connectivity index (χ4v) is 3.33. The smallest absolute Gasteiger partial charge is 0.275 e. The second-order valence-corrected chi connectivity index (χ2v) is 7.23. The number of hydrogen-bond donors (Lipinski definition) is 1. The lowest BCUT2D eigenvalue weighted by molar-refractivity contribution is -0.117. The molecule has 1 aromatic carbocycles. The van der Waals surface area contributed by atoms with Crippen LogP contribution in [0.3, 0.4) is 0 Å². The molecule has 0 atom stereocenters. The molecule has 130 valence electrons. The molecule has 0 fully saturated rings. The Labute approximate surface area is 152 Å². The third-order valence-electron chi connectivity index (χ3n) is 3.35. The Kier molecular flexibility index (Phi) is 5.12. The van der Waals surface area contributed by atoms with Gasteiger partial charge in [-0.15, -0.1) is 0 Å². The normalized spacial score (nSPS) is 11.2. The van der Waals surface area contributed by atoms with Gasteiger partial charge < -0.3 is 5.32 Å². The number of likely N-dealkylation sites (N-methyl/N-ethyl adjacent to an activating group) is 1. The number of rotatable bonds is 5. The van der Waals surface area contributed by atoms with E-state index in [4.69, 9.17) is 11.6 Å². The first-order valence-corrected chi connectivity index (χ1v) is 8.70. The third-order valence-corrected chi connectivity index (χ3v) is 4.41. The summed E-state index contributed by atoms with van der Waals surface area (Å²) in [6.07, 6.45) is 0. The maximum atomic E-state index is 12.1. The van der Waals surface area contributed by atoms with Crippen molar-refractivity contribution in [3.63, 3.8) is 0 Å². The maximum Gasteiger partial charge on any atom is 0.275 e. The average Bonchev–Trinajstić information content (AvgIpc) is 2.87. The molecule has 0 saturated carbocycles. The molecule has 9 heteroatoms. The van der Waals surface area contributed by atoms with Crippen molar-refractivity contribution in [3.05, 3.63) is 56.4 Å². The highest BCUT2D eigenvalue weighted by molar-refractivity contribution is 7.16. The van der Waals surface area contributed by atoms with Gasteiger partial charge in [-0.05, 0) is 32.2 Å². The summed E-state index contributed by atoms with van der Waals surface area (Å²) in [5.74, 6) is -0.170. The summed E-state index contributed by atoms with van der Waals surface area (Å²) in [5, 5.41) is 8.22. The largest absolute Gasteiger partial charge is 0.325 e. The zero-order valence-corrected chi connectivity index (χ0v) is 15.3. The Morgan fingerprint density at radius 2 is 2.20 bits per heavy atom. The number of carbonyl (C=O) groups excluding carboxylic acids is 1. The van der Waals surface area contributed by atoms with Gasteiger partial charge in [-0.25, -0.2) is 4.98 Å². The molecule has 2 aromatic heterocycles. The Balaban J connectivity index is 1.65. The first kappa shape index (κ1) is 17.5. The van der Waals surface area contributed by atoms with E-state index < -0.39 is 0 Å². The fourth-order valence-electron chi connectivity index (χ4n) is 2.38. The Hall–Kier alpha value is -2.29. The molecule has 1 amide bonds. The molecule has 25 heavy (non-hydrogen) atoms. The molecule has 0 aliphatic rings. The average molecular weight is 378 g/mol. The van der Waals surface area contributed by atoms with Crippen molar-refractivity contribution in [1.29, 1.82) is 0 Å². The number of amides is 1. The van der Waals surface area contributed by atoms with Crippen molar-refractivity contribution in [2.45, 2.75) is 13.5 Å². The monoisotopic (exact) mass is 377 g/mol. The summed E-state index contributed by atoms with van der Waals surface area (Å²) >= 11 is 7.25. The lowest BCUT2D eigenvalue weighted by Crippen LogP contribution is -2.30. The van der Waals surface area contributed by atoms with E-state index in [9.17, 15) is 9.59 Å². The minimum absolute atomic E-state index is 0.162. The predicted octanol–water partition coefficient (Wildman–Crippen LogP) is 2.18. The number of benzene rings is 1. The number of fused-ring (bicyclic) bond motifs is 1. The first-order valence-electron chi connectivity index (χ1n) is 7.51. The lowest BCUT2D eigenvalue weighted by Gasteiger charge is -2.15. The zero-order valence-electron chi connectivity index (χ0n) is 13.7. The minimum Gasteiger partial charge on any atom is -0.325 e. The van der Waals surface area contributed by atoms with Crippen molar-refractivity contribution in [2.75, 3.05) is 18.9 Å². The molecule has 3 rings (SSSR count). The number of halogens is 1. The fraction of sp³-hybridized carbons (Fsp3) is 0.250. The van der Waals surface area contributed by atoms with E-state index in [0.29, 0.717) is 27.9 Å². The molecule has 7 nitrogen and oxygen atoms in total. The van der Waals surface area contributed by atoms with E-state index in [1.165, 1.54) is 21.9 Å². The van der Waals surface area contributed by atoms with E-state index in [-0.39, 0.29) is 18.0 Å². The molecule has 2 heterocycles. The third kappa shape index (κ3) is 4.41. The van der Waals surface area contributed by atoms with Gasteiger partial charge in [0.2, 0.25) is 10.9 Å². The quantitative estimate of drug-likeness (QED) is 0.737. The van der Waals surface area contributed by atoms with Crippen LogP contribution in [0.4, 0.5) is 5.69 Å². The molecular formula is C16H16ClN5O2S. The maximum absolute atomic E-state index is 12.1. The molecule has 0 unspecified atom stereocenters. The van der Waals surface area contributed by atoms with Crippen LogP contribution < -0.4 is 10.9 Å². The molecule has 0 spiro atoms. The summed E-state index contributed by atoms with van der Waals surface area (Å²) in [7, 11) is 1.79. The highest BCUT2D eigenvalue weighted by Crippen LogP contribution is 2.15. The Morgan fingerprint density at radius 1 is 1.40 bits per heavy atom. The highest BCUT2D eigenvalue weighted by atomic mass is 35.5. The Morgan fingerprint density at radius 3 is 2.96 bits per heavy atom. The highest BCUT2D eigenvalue weighted by Gasteiger charge is 2.11. The van der Waals surface area contributed by atoms with Crippen LogP contribution in [0.5, 0.6) is 0 Å². The van der Waals surface area contributed by atoms with Crippen LogP contribution in [-0.2, 0) is 11.3 Å². The second kappa shape index (κ2) is 7.30. The van der Waals surface area contributed by atoms with Crippen molar-refractivity contribution >= 4 is 39.5 Å². The standard InChI is InChI=1S/C16H16ClN5O2S/c1-10-20-22-15(24)7-13(19-16(22)25-10)8-21(2)9-14(23)18-12-5-3-4-11(17)6-12/h3-7H,8-9H2,1-2H3,(H,18,23). The van der Waals surface area contributed by atoms with Gasteiger partial charge in [0.05, 0.1) is 12.2 Å². The number of nitrogens with zero attached hydrogens (tertiary/aromatic N) is 4. The van der Waals surface area contributed by atoms with Gasteiger partial charge in [-0.1, -0.05) is 29.0 Å². The molecule has 1 N–H and O–H groups in total. The van der Waals surface area contributed by atoms with E-state index in [1.54, 1.807) is 36.2 Å². The molecule has 0 radical (unpaired) electrons. The van der Waals surface area contributed by atoms with Crippen LogP contribution >= 0.6 is 22.9 Å². The number of carbonyl (C=O) groups is 1. The van der Waals surface area contributed by atoms with Gasteiger partial charge in [0.25, 0.3) is 5.56 Å². The van der Waals surface area contributed by atoms with Crippen LogP contribution in [0, 0.1) is 6.92 Å². The van der Waals surface area contributed by atoms with E-state index >= 15 is 0 Å². The van der Waals surface area contributed by atoms with Crippen LogP contribution in [0.2, 0.25) is 5.02 Å². The lowest BCUT2D eigenvalue weighted by atomic mass is 10.3. The van der Waals surface area contributed by atoms with Gasteiger partial charge in [0, 0.05) is 23.3 Å². The van der Waals surface area contributed by atoms with Gasteiger partial charge in [-0.2, -0.15) is 9.61 Å². The van der Waals surface area contributed by atoms with Crippen LogP contribution in [0.15, 0.2) is 35.1 Å². The van der Waals surface area contributed by atoms with E-state index in [0.717, 1.165) is 5.01 Å². The second-order valence-electron chi connectivity index (χ2n) is 5.63. The van der Waals surface area contributed by atoms with Crippen molar-refractivity contribution in [1.82, 2.24) is 19.5 Å². The molecule has 0 bridgehead atoms. The summed E-state index contributed by atoms with van der Waals surface area (Å²) in [4.78, 5) is 30.9. The van der Waals surface area contributed by atoms with Crippen molar-refractivity contribution in [3.8, 4) is 0 Å². The van der Waals surface area contributed by atoms with Gasteiger partial charge in [0.15, 0.2) is 0 Å². The topological polar surface area (TPSA) is 79.6 Å². The number of aromatic nitrogens is 3. The number of anilines is 1.